The average Bonchev–Trinajstić information content (AvgIpc) is 3.31. The van der Waals surface area contributed by atoms with Gasteiger partial charge in [0.1, 0.15) is 11.6 Å². The summed E-state index contributed by atoms with van der Waals surface area (Å²) in [5.41, 5.74) is 3.13. The van der Waals surface area contributed by atoms with Crippen LogP contribution in [0, 0.1) is 6.92 Å². The highest BCUT2D eigenvalue weighted by Gasteiger charge is 2.16. The van der Waals surface area contributed by atoms with Crippen molar-refractivity contribution in [3.8, 4) is 5.75 Å². The van der Waals surface area contributed by atoms with Gasteiger partial charge in [0.05, 0.1) is 6.61 Å². The van der Waals surface area contributed by atoms with Crippen LogP contribution in [0.1, 0.15) is 35.8 Å². The molecule has 2 heterocycles. The summed E-state index contributed by atoms with van der Waals surface area (Å²) in [4.78, 5) is 23.9. The number of aromatic nitrogens is 2. The molecule has 0 spiro atoms. The number of hydrogen-bond acceptors (Lipinski definition) is 6. The third kappa shape index (κ3) is 5.31. The van der Waals surface area contributed by atoms with Crippen LogP contribution in [0.15, 0.2) is 54.6 Å². The van der Waals surface area contributed by atoms with Crippen LogP contribution in [-0.4, -0.2) is 35.6 Å². The zero-order valence-corrected chi connectivity index (χ0v) is 17.9. The van der Waals surface area contributed by atoms with Crippen LogP contribution in [-0.2, 0) is 0 Å². The summed E-state index contributed by atoms with van der Waals surface area (Å²) in [5, 5.41) is 6.25. The molecule has 1 aliphatic heterocycles. The lowest BCUT2D eigenvalue weighted by atomic mass is 10.2. The van der Waals surface area contributed by atoms with Gasteiger partial charge in [-0.25, -0.2) is 4.98 Å². The fourth-order valence-corrected chi connectivity index (χ4v) is 3.53. The molecule has 0 radical (unpaired) electrons. The molecule has 4 rings (SSSR count). The molecule has 2 aromatic carbocycles. The molecule has 1 amide bonds. The average molecular weight is 418 g/mol. The Hall–Kier alpha value is -3.61. The van der Waals surface area contributed by atoms with Gasteiger partial charge in [-0.15, -0.1) is 0 Å². The molecule has 1 aromatic heterocycles. The van der Waals surface area contributed by atoms with Crippen LogP contribution in [0.4, 0.5) is 23.1 Å². The standard InChI is InChI=1S/C24H27N5O2/c1-3-31-21-12-6-18(7-13-21)23(30)27-20-10-8-19(9-11-20)26-22-16-17(2)25-24(28-22)29-14-4-5-15-29/h6-13,16H,3-5,14-15H2,1-2H3,(H,27,30)(H,25,26,28). The van der Waals surface area contributed by atoms with E-state index in [0.717, 1.165) is 47.7 Å². The Kier molecular flexibility index (Phi) is 6.31. The maximum Gasteiger partial charge on any atom is 0.255 e. The van der Waals surface area contributed by atoms with Crippen molar-refractivity contribution in [3.05, 3.63) is 65.9 Å². The van der Waals surface area contributed by atoms with Crippen molar-refractivity contribution < 1.29 is 9.53 Å². The van der Waals surface area contributed by atoms with Crippen LogP contribution in [0.25, 0.3) is 0 Å². The van der Waals surface area contributed by atoms with Gasteiger partial charge in [-0.05, 0) is 75.2 Å². The third-order valence-corrected chi connectivity index (χ3v) is 5.07. The fourth-order valence-electron chi connectivity index (χ4n) is 3.53. The van der Waals surface area contributed by atoms with E-state index in [9.17, 15) is 4.79 Å². The fraction of sp³-hybridized carbons (Fsp3) is 0.292. The normalized spacial score (nSPS) is 13.2. The quantitative estimate of drug-likeness (QED) is 0.576. The molecular formula is C24H27N5O2. The van der Waals surface area contributed by atoms with Crippen molar-refractivity contribution in [2.24, 2.45) is 0 Å². The van der Waals surface area contributed by atoms with Crippen molar-refractivity contribution in [2.45, 2.75) is 26.7 Å². The van der Waals surface area contributed by atoms with Crippen molar-refractivity contribution >= 4 is 29.0 Å². The zero-order valence-electron chi connectivity index (χ0n) is 17.9. The first-order chi connectivity index (χ1) is 15.1. The van der Waals surface area contributed by atoms with Crippen molar-refractivity contribution in [3.63, 3.8) is 0 Å². The van der Waals surface area contributed by atoms with E-state index in [1.165, 1.54) is 12.8 Å². The van der Waals surface area contributed by atoms with Gasteiger partial charge in [-0.1, -0.05) is 0 Å². The van der Waals surface area contributed by atoms with E-state index in [0.29, 0.717) is 12.2 Å². The Morgan fingerprint density at radius 3 is 2.35 bits per heavy atom. The number of benzene rings is 2. The van der Waals surface area contributed by atoms with Gasteiger partial charge < -0.3 is 20.3 Å². The van der Waals surface area contributed by atoms with Gasteiger partial charge in [0.25, 0.3) is 5.91 Å². The molecule has 0 atom stereocenters. The van der Waals surface area contributed by atoms with E-state index in [4.69, 9.17) is 4.74 Å². The Labute approximate surface area is 182 Å². The molecule has 0 saturated carbocycles. The predicted octanol–water partition coefficient (Wildman–Crippen LogP) is 4.78. The molecule has 1 saturated heterocycles. The van der Waals surface area contributed by atoms with Crippen molar-refractivity contribution in [2.75, 3.05) is 35.2 Å². The van der Waals surface area contributed by atoms with Crippen LogP contribution < -0.4 is 20.3 Å². The molecule has 0 aliphatic carbocycles. The number of anilines is 4. The molecule has 7 nitrogen and oxygen atoms in total. The monoisotopic (exact) mass is 417 g/mol. The van der Waals surface area contributed by atoms with Crippen molar-refractivity contribution in [1.82, 2.24) is 9.97 Å². The molecule has 3 aromatic rings. The number of amides is 1. The van der Waals surface area contributed by atoms with Gasteiger partial charge >= 0.3 is 0 Å². The molecule has 2 N–H and O–H groups in total. The van der Waals surface area contributed by atoms with Gasteiger partial charge in [-0.2, -0.15) is 4.98 Å². The lowest BCUT2D eigenvalue weighted by molar-refractivity contribution is 0.102. The highest BCUT2D eigenvalue weighted by atomic mass is 16.5. The van der Waals surface area contributed by atoms with E-state index < -0.39 is 0 Å². The summed E-state index contributed by atoms with van der Waals surface area (Å²) in [7, 11) is 0. The van der Waals surface area contributed by atoms with E-state index >= 15 is 0 Å². The second-order valence-corrected chi connectivity index (χ2v) is 7.50. The molecule has 31 heavy (non-hydrogen) atoms. The van der Waals surface area contributed by atoms with Crippen LogP contribution in [0.2, 0.25) is 0 Å². The Morgan fingerprint density at radius 2 is 1.68 bits per heavy atom. The number of carbonyl (C=O) groups is 1. The number of nitrogens with one attached hydrogen (secondary N) is 2. The van der Waals surface area contributed by atoms with Gasteiger partial charge in [0, 0.05) is 41.8 Å². The summed E-state index contributed by atoms with van der Waals surface area (Å²) in [5.74, 6) is 2.13. The minimum atomic E-state index is -0.162. The first-order valence-electron chi connectivity index (χ1n) is 10.6. The largest absolute Gasteiger partial charge is 0.494 e. The number of carbonyl (C=O) groups excluding carboxylic acids is 1. The molecule has 1 fully saturated rings. The lowest BCUT2D eigenvalue weighted by Gasteiger charge is -2.17. The second kappa shape index (κ2) is 9.47. The first kappa shape index (κ1) is 20.7. The molecule has 0 bridgehead atoms. The van der Waals surface area contributed by atoms with E-state index in [-0.39, 0.29) is 5.91 Å². The SMILES string of the molecule is CCOc1ccc(C(=O)Nc2ccc(Nc3cc(C)nc(N4CCCC4)n3)cc2)cc1. The van der Waals surface area contributed by atoms with E-state index in [2.05, 4.69) is 25.5 Å². The first-order valence-corrected chi connectivity index (χ1v) is 10.6. The summed E-state index contributed by atoms with van der Waals surface area (Å²) in [6.07, 6.45) is 2.37. The van der Waals surface area contributed by atoms with Gasteiger partial charge in [0.15, 0.2) is 0 Å². The number of hydrogen-bond donors (Lipinski definition) is 2. The number of rotatable bonds is 7. The highest BCUT2D eigenvalue weighted by molar-refractivity contribution is 6.04. The molecule has 0 unspecified atom stereocenters. The van der Waals surface area contributed by atoms with Gasteiger partial charge in [-0.3, -0.25) is 4.79 Å². The lowest BCUT2D eigenvalue weighted by Crippen LogP contribution is -2.21. The Balaban J connectivity index is 1.39. The maximum atomic E-state index is 12.5. The topological polar surface area (TPSA) is 79.4 Å². The smallest absolute Gasteiger partial charge is 0.255 e. The molecular weight excluding hydrogens is 390 g/mol. The maximum absolute atomic E-state index is 12.5. The van der Waals surface area contributed by atoms with E-state index in [1.807, 2.05) is 44.2 Å². The second-order valence-electron chi connectivity index (χ2n) is 7.50. The Bertz CT molecular complexity index is 1030. The Morgan fingerprint density at radius 1 is 1.00 bits per heavy atom. The summed E-state index contributed by atoms with van der Waals surface area (Å²) >= 11 is 0. The highest BCUT2D eigenvalue weighted by Crippen LogP contribution is 2.22. The molecule has 1 aliphatic rings. The van der Waals surface area contributed by atoms with Crippen molar-refractivity contribution in [1.29, 1.82) is 0 Å². The van der Waals surface area contributed by atoms with Gasteiger partial charge in [0.2, 0.25) is 5.95 Å². The number of ether oxygens (including phenoxy) is 1. The zero-order chi connectivity index (χ0) is 21.6. The number of nitrogens with zero attached hydrogens (tertiary/aromatic N) is 3. The summed E-state index contributed by atoms with van der Waals surface area (Å²) < 4.78 is 5.41. The van der Waals surface area contributed by atoms with Crippen LogP contribution >= 0.6 is 0 Å². The van der Waals surface area contributed by atoms with E-state index in [1.54, 1.807) is 24.3 Å². The summed E-state index contributed by atoms with van der Waals surface area (Å²) in [6.45, 7) is 6.51. The minimum absolute atomic E-state index is 0.162. The van der Waals surface area contributed by atoms with Crippen LogP contribution in [0.5, 0.6) is 5.75 Å². The third-order valence-electron chi connectivity index (χ3n) is 5.07. The van der Waals surface area contributed by atoms with Crippen LogP contribution in [0.3, 0.4) is 0 Å². The number of aryl methyl sites for hydroxylation is 1. The minimum Gasteiger partial charge on any atom is -0.494 e. The molecule has 7 heteroatoms. The summed E-state index contributed by atoms with van der Waals surface area (Å²) in [6, 6.07) is 16.6. The molecule has 160 valence electrons. The predicted molar refractivity (Wildman–Crippen MR) is 124 cm³/mol.